The lowest BCUT2D eigenvalue weighted by molar-refractivity contribution is 0.117. The number of nitrogens with zero attached hydrogens (tertiary/aromatic N) is 3. The Balaban J connectivity index is 1.86. The molecule has 0 aromatic carbocycles. The molecule has 7 heteroatoms. The molecule has 0 saturated carbocycles. The van der Waals surface area contributed by atoms with E-state index in [1.807, 2.05) is 6.92 Å². The fourth-order valence-electron chi connectivity index (χ4n) is 3.31. The molecule has 3 rings (SSSR count). The molecule has 1 aromatic rings. The number of hydrogen-bond acceptors (Lipinski definition) is 5. The van der Waals surface area contributed by atoms with E-state index in [9.17, 15) is 8.42 Å². The zero-order valence-corrected chi connectivity index (χ0v) is 13.3. The summed E-state index contributed by atoms with van der Waals surface area (Å²) < 4.78 is 27.3. The van der Waals surface area contributed by atoms with E-state index in [4.69, 9.17) is 0 Å². The SMILES string of the molecule is CNc1ccc(S(=O)(=O)N2CC3CCCN3CC2C)cn1. The van der Waals surface area contributed by atoms with E-state index in [1.165, 1.54) is 12.6 Å². The number of aromatic nitrogens is 1. The van der Waals surface area contributed by atoms with Gasteiger partial charge in [0.2, 0.25) is 10.0 Å². The van der Waals surface area contributed by atoms with Crippen LogP contribution in [0.3, 0.4) is 0 Å². The van der Waals surface area contributed by atoms with Crippen LogP contribution in [0.15, 0.2) is 23.2 Å². The Bertz CT molecular complexity index is 602. The zero-order valence-electron chi connectivity index (χ0n) is 12.5. The van der Waals surface area contributed by atoms with Gasteiger partial charge in [-0.15, -0.1) is 0 Å². The monoisotopic (exact) mass is 310 g/mol. The first kappa shape index (κ1) is 14.7. The first-order chi connectivity index (χ1) is 10.0. The number of pyridine rings is 1. The van der Waals surface area contributed by atoms with Crippen LogP contribution < -0.4 is 5.32 Å². The lowest BCUT2D eigenvalue weighted by Gasteiger charge is -2.41. The van der Waals surface area contributed by atoms with Gasteiger partial charge in [-0.1, -0.05) is 0 Å². The van der Waals surface area contributed by atoms with Gasteiger partial charge in [-0.05, 0) is 38.4 Å². The minimum absolute atomic E-state index is 0.00771. The number of nitrogens with one attached hydrogen (secondary N) is 1. The fourth-order valence-corrected chi connectivity index (χ4v) is 4.92. The van der Waals surface area contributed by atoms with Crippen LogP contribution in [0.1, 0.15) is 19.8 Å². The summed E-state index contributed by atoms with van der Waals surface area (Å²) in [4.78, 5) is 6.82. The summed E-state index contributed by atoms with van der Waals surface area (Å²) in [6.07, 6.45) is 3.70. The highest BCUT2D eigenvalue weighted by Crippen LogP contribution is 2.28. The van der Waals surface area contributed by atoms with Crippen molar-refractivity contribution in [3.63, 3.8) is 0 Å². The molecule has 2 unspecified atom stereocenters. The van der Waals surface area contributed by atoms with Crippen molar-refractivity contribution in [3.8, 4) is 0 Å². The van der Waals surface area contributed by atoms with Gasteiger partial charge in [0.05, 0.1) is 0 Å². The molecule has 0 aliphatic carbocycles. The van der Waals surface area contributed by atoms with Crippen molar-refractivity contribution in [1.29, 1.82) is 0 Å². The van der Waals surface area contributed by atoms with E-state index in [1.54, 1.807) is 23.5 Å². The van der Waals surface area contributed by atoms with Gasteiger partial charge in [0.1, 0.15) is 10.7 Å². The number of sulfonamides is 1. The molecule has 1 N–H and O–H groups in total. The van der Waals surface area contributed by atoms with Crippen molar-refractivity contribution in [2.75, 3.05) is 32.0 Å². The average Bonchev–Trinajstić information content (AvgIpc) is 2.93. The Labute approximate surface area is 126 Å². The van der Waals surface area contributed by atoms with Crippen LogP contribution in [-0.2, 0) is 10.0 Å². The summed E-state index contributed by atoms with van der Waals surface area (Å²) >= 11 is 0. The van der Waals surface area contributed by atoms with E-state index >= 15 is 0 Å². The maximum atomic E-state index is 12.8. The highest BCUT2D eigenvalue weighted by molar-refractivity contribution is 7.89. The number of hydrogen-bond donors (Lipinski definition) is 1. The van der Waals surface area contributed by atoms with Crippen LogP contribution in [0.25, 0.3) is 0 Å². The molecule has 116 valence electrons. The van der Waals surface area contributed by atoms with Gasteiger partial charge < -0.3 is 5.32 Å². The van der Waals surface area contributed by atoms with Crippen LogP contribution in [0, 0.1) is 0 Å². The van der Waals surface area contributed by atoms with Gasteiger partial charge in [-0.25, -0.2) is 13.4 Å². The molecule has 21 heavy (non-hydrogen) atoms. The topological polar surface area (TPSA) is 65.5 Å². The third kappa shape index (κ3) is 2.65. The molecule has 1 aromatic heterocycles. The van der Waals surface area contributed by atoms with Gasteiger partial charge >= 0.3 is 0 Å². The van der Waals surface area contributed by atoms with E-state index in [2.05, 4.69) is 15.2 Å². The highest BCUT2D eigenvalue weighted by atomic mass is 32.2. The first-order valence-corrected chi connectivity index (χ1v) is 8.86. The van der Waals surface area contributed by atoms with Crippen LogP contribution in [0.2, 0.25) is 0 Å². The van der Waals surface area contributed by atoms with Gasteiger partial charge in [-0.2, -0.15) is 4.31 Å². The average molecular weight is 310 g/mol. The number of rotatable bonds is 3. The third-order valence-electron chi connectivity index (χ3n) is 4.48. The first-order valence-electron chi connectivity index (χ1n) is 7.42. The lowest BCUT2D eigenvalue weighted by Crippen LogP contribution is -2.56. The Morgan fingerprint density at radius 1 is 1.33 bits per heavy atom. The standard InChI is InChI=1S/C14H22N4O2S/c1-11-9-17-7-3-4-12(17)10-18(11)21(19,20)13-5-6-14(15-2)16-8-13/h5-6,8,11-12H,3-4,7,9-10H2,1-2H3,(H,15,16). The molecular weight excluding hydrogens is 288 g/mol. The van der Waals surface area contributed by atoms with E-state index in [0.29, 0.717) is 18.4 Å². The van der Waals surface area contributed by atoms with Crippen molar-refractivity contribution >= 4 is 15.8 Å². The number of fused-ring (bicyclic) bond motifs is 1. The van der Waals surface area contributed by atoms with E-state index in [0.717, 1.165) is 19.5 Å². The Kier molecular flexibility index (Phi) is 3.90. The van der Waals surface area contributed by atoms with Crippen LogP contribution in [0.4, 0.5) is 5.82 Å². The molecule has 0 bridgehead atoms. The summed E-state index contributed by atoms with van der Waals surface area (Å²) in [5.41, 5.74) is 0. The normalized spacial score (nSPS) is 27.5. The molecular formula is C14H22N4O2S. The smallest absolute Gasteiger partial charge is 0.244 e. The number of anilines is 1. The van der Waals surface area contributed by atoms with Crippen molar-refractivity contribution in [1.82, 2.24) is 14.2 Å². The molecule has 0 amide bonds. The summed E-state index contributed by atoms with van der Waals surface area (Å²) in [5, 5.41) is 2.90. The molecule has 0 spiro atoms. The Morgan fingerprint density at radius 3 is 2.81 bits per heavy atom. The summed E-state index contributed by atoms with van der Waals surface area (Å²) in [5.74, 6) is 0.669. The minimum atomic E-state index is -3.46. The second-order valence-electron chi connectivity index (χ2n) is 5.84. The van der Waals surface area contributed by atoms with Crippen molar-refractivity contribution in [3.05, 3.63) is 18.3 Å². The van der Waals surface area contributed by atoms with E-state index < -0.39 is 10.0 Å². The molecule has 2 aliphatic rings. The molecule has 2 fully saturated rings. The molecule has 2 aliphatic heterocycles. The van der Waals surface area contributed by atoms with Gasteiger partial charge in [-0.3, -0.25) is 4.90 Å². The second-order valence-corrected chi connectivity index (χ2v) is 7.73. The van der Waals surface area contributed by atoms with Gasteiger partial charge in [0.25, 0.3) is 0 Å². The molecule has 2 saturated heterocycles. The van der Waals surface area contributed by atoms with Crippen LogP contribution >= 0.6 is 0 Å². The van der Waals surface area contributed by atoms with Crippen molar-refractivity contribution in [2.45, 2.75) is 36.7 Å². The van der Waals surface area contributed by atoms with E-state index in [-0.39, 0.29) is 10.9 Å². The third-order valence-corrected chi connectivity index (χ3v) is 6.44. The predicted octanol–water partition coefficient (Wildman–Crippen LogP) is 0.980. The maximum Gasteiger partial charge on any atom is 0.244 e. The second kappa shape index (κ2) is 5.55. The zero-order chi connectivity index (χ0) is 15.0. The summed E-state index contributed by atoms with van der Waals surface area (Å²) in [7, 11) is -1.70. The maximum absolute atomic E-state index is 12.8. The van der Waals surface area contributed by atoms with Crippen LogP contribution in [0.5, 0.6) is 0 Å². The van der Waals surface area contributed by atoms with Gasteiger partial charge in [0, 0.05) is 38.4 Å². The summed E-state index contributed by atoms with van der Waals surface area (Å²) in [6, 6.07) is 3.71. The minimum Gasteiger partial charge on any atom is -0.373 e. The van der Waals surface area contributed by atoms with Crippen LogP contribution in [-0.4, -0.2) is 61.4 Å². The van der Waals surface area contributed by atoms with Crippen molar-refractivity contribution < 1.29 is 8.42 Å². The predicted molar refractivity (Wildman–Crippen MR) is 81.7 cm³/mol. The lowest BCUT2D eigenvalue weighted by atomic mass is 10.1. The summed E-state index contributed by atoms with van der Waals surface area (Å²) in [6.45, 7) is 4.51. The molecule has 2 atom stereocenters. The molecule has 0 radical (unpaired) electrons. The Hall–Kier alpha value is -1.18. The van der Waals surface area contributed by atoms with Gasteiger partial charge in [0.15, 0.2) is 0 Å². The Morgan fingerprint density at radius 2 is 2.14 bits per heavy atom. The quantitative estimate of drug-likeness (QED) is 0.901. The number of piperazine rings is 1. The fraction of sp³-hybridized carbons (Fsp3) is 0.643. The molecule has 6 nitrogen and oxygen atoms in total. The molecule has 3 heterocycles. The largest absolute Gasteiger partial charge is 0.373 e. The highest BCUT2D eigenvalue weighted by Gasteiger charge is 2.40. The van der Waals surface area contributed by atoms with Crippen molar-refractivity contribution in [2.24, 2.45) is 0 Å².